The molecule has 0 bridgehead atoms. The Morgan fingerprint density at radius 1 is 1.24 bits per heavy atom. The first kappa shape index (κ1) is 15.9. The van der Waals surface area contributed by atoms with Crippen molar-refractivity contribution in [3.05, 3.63) is 58.1 Å². The maximum absolute atomic E-state index is 9.49. The zero-order valence-electron chi connectivity index (χ0n) is 12.3. The first-order valence-electron chi connectivity index (χ1n) is 7.03. The van der Waals surface area contributed by atoms with Crippen molar-refractivity contribution in [3.63, 3.8) is 0 Å². The standard InChI is InChI=1S/C17H20BrNO2/c1-3-19-12(2)16-8-7-14(18)10-17(16)21-11-13-5-4-6-15(20)9-13/h4-10,12,19-20H,3,11H2,1-2H3. The molecular weight excluding hydrogens is 330 g/mol. The maximum atomic E-state index is 9.49. The second kappa shape index (κ2) is 7.48. The number of hydrogen-bond acceptors (Lipinski definition) is 3. The minimum Gasteiger partial charge on any atom is -0.508 e. The maximum Gasteiger partial charge on any atom is 0.125 e. The Hall–Kier alpha value is -1.52. The highest BCUT2D eigenvalue weighted by Gasteiger charge is 2.11. The summed E-state index contributed by atoms with van der Waals surface area (Å²) in [5.41, 5.74) is 2.07. The van der Waals surface area contributed by atoms with Gasteiger partial charge in [0.1, 0.15) is 18.1 Å². The van der Waals surface area contributed by atoms with Gasteiger partial charge >= 0.3 is 0 Å². The molecule has 21 heavy (non-hydrogen) atoms. The summed E-state index contributed by atoms with van der Waals surface area (Å²) in [5, 5.41) is 12.9. The minimum absolute atomic E-state index is 0.224. The predicted molar refractivity (Wildman–Crippen MR) is 88.7 cm³/mol. The van der Waals surface area contributed by atoms with E-state index in [1.165, 1.54) is 0 Å². The summed E-state index contributed by atoms with van der Waals surface area (Å²) < 4.78 is 6.93. The van der Waals surface area contributed by atoms with Crippen LogP contribution in [0, 0.1) is 0 Å². The first-order chi connectivity index (χ1) is 10.1. The topological polar surface area (TPSA) is 41.5 Å². The van der Waals surface area contributed by atoms with E-state index in [-0.39, 0.29) is 11.8 Å². The van der Waals surface area contributed by atoms with Gasteiger partial charge in [-0.2, -0.15) is 0 Å². The van der Waals surface area contributed by atoms with Crippen molar-refractivity contribution in [3.8, 4) is 11.5 Å². The number of aromatic hydroxyl groups is 1. The van der Waals surface area contributed by atoms with Crippen LogP contribution in [0.25, 0.3) is 0 Å². The van der Waals surface area contributed by atoms with Gasteiger partial charge in [-0.05, 0) is 43.3 Å². The van der Waals surface area contributed by atoms with Crippen LogP contribution in [0.4, 0.5) is 0 Å². The fourth-order valence-electron chi connectivity index (χ4n) is 2.21. The highest BCUT2D eigenvalue weighted by molar-refractivity contribution is 9.10. The normalized spacial score (nSPS) is 12.1. The molecule has 0 aliphatic heterocycles. The molecular formula is C17H20BrNO2. The van der Waals surface area contributed by atoms with E-state index in [1.807, 2.05) is 24.3 Å². The molecule has 2 rings (SSSR count). The number of phenols is 1. The lowest BCUT2D eigenvalue weighted by molar-refractivity contribution is 0.299. The molecule has 0 saturated carbocycles. The monoisotopic (exact) mass is 349 g/mol. The van der Waals surface area contributed by atoms with Crippen LogP contribution >= 0.6 is 15.9 Å². The molecule has 0 aliphatic rings. The Bertz CT molecular complexity index is 601. The average Bonchev–Trinajstić information content (AvgIpc) is 2.45. The smallest absolute Gasteiger partial charge is 0.125 e. The number of ether oxygens (including phenoxy) is 1. The van der Waals surface area contributed by atoms with E-state index in [2.05, 4.69) is 41.2 Å². The van der Waals surface area contributed by atoms with Gasteiger partial charge in [-0.1, -0.05) is 41.1 Å². The molecule has 0 amide bonds. The Balaban J connectivity index is 2.16. The molecule has 2 aromatic rings. The highest BCUT2D eigenvalue weighted by Crippen LogP contribution is 2.29. The summed E-state index contributed by atoms with van der Waals surface area (Å²) in [6.45, 7) is 5.54. The van der Waals surface area contributed by atoms with Crippen molar-refractivity contribution in [1.82, 2.24) is 5.32 Å². The highest BCUT2D eigenvalue weighted by atomic mass is 79.9. The van der Waals surface area contributed by atoms with Gasteiger partial charge in [-0.15, -0.1) is 0 Å². The quantitative estimate of drug-likeness (QED) is 0.811. The largest absolute Gasteiger partial charge is 0.508 e. The fraction of sp³-hybridized carbons (Fsp3) is 0.294. The summed E-state index contributed by atoms with van der Waals surface area (Å²) in [4.78, 5) is 0. The van der Waals surface area contributed by atoms with Gasteiger partial charge in [-0.3, -0.25) is 0 Å². The number of nitrogens with one attached hydrogen (secondary N) is 1. The van der Waals surface area contributed by atoms with Crippen LogP contribution in [0.5, 0.6) is 11.5 Å². The lowest BCUT2D eigenvalue weighted by Crippen LogP contribution is -2.18. The zero-order chi connectivity index (χ0) is 15.2. The van der Waals surface area contributed by atoms with Crippen LogP contribution in [-0.2, 0) is 6.61 Å². The molecule has 0 heterocycles. The van der Waals surface area contributed by atoms with Crippen molar-refractivity contribution < 1.29 is 9.84 Å². The van der Waals surface area contributed by atoms with Crippen molar-refractivity contribution in [2.24, 2.45) is 0 Å². The Morgan fingerprint density at radius 2 is 2.05 bits per heavy atom. The molecule has 0 fully saturated rings. The molecule has 0 radical (unpaired) electrons. The Labute approximate surface area is 134 Å². The molecule has 112 valence electrons. The molecule has 0 aromatic heterocycles. The number of phenolic OH excluding ortho intramolecular Hbond substituents is 1. The van der Waals surface area contributed by atoms with Gasteiger partial charge < -0.3 is 15.2 Å². The average molecular weight is 350 g/mol. The van der Waals surface area contributed by atoms with Gasteiger partial charge in [0.15, 0.2) is 0 Å². The zero-order valence-corrected chi connectivity index (χ0v) is 13.9. The van der Waals surface area contributed by atoms with E-state index in [9.17, 15) is 5.11 Å². The van der Waals surface area contributed by atoms with Gasteiger partial charge in [0.25, 0.3) is 0 Å². The van der Waals surface area contributed by atoms with E-state index in [4.69, 9.17) is 4.74 Å². The Morgan fingerprint density at radius 3 is 2.76 bits per heavy atom. The van der Waals surface area contributed by atoms with E-state index in [0.29, 0.717) is 6.61 Å². The second-order valence-corrected chi connectivity index (χ2v) is 5.84. The molecule has 0 aliphatic carbocycles. The van der Waals surface area contributed by atoms with Crippen LogP contribution in [0.15, 0.2) is 46.9 Å². The summed E-state index contributed by atoms with van der Waals surface area (Å²) in [6.07, 6.45) is 0. The van der Waals surface area contributed by atoms with Crippen LogP contribution in [0.1, 0.15) is 31.0 Å². The van der Waals surface area contributed by atoms with E-state index < -0.39 is 0 Å². The molecule has 0 saturated heterocycles. The SMILES string of the molecule is CCNC(C)c1ccc(Br)cc1OCc1cccc(O)c1. The molecule has 1 unspecified atom stereocenters. The lowest BCUT2D eigenvalue weighted by atomic mass is 10.1. The van der Waals surface area contributed by atoms with Crippen molar-refractivity contribution >= 4 is 15.9 Å². The lowest BCUT2D eigenvalue weighted by Gasteiger charge is -2.18. The van der Waals surface area contributed by atoms with Crippen molar-refractivity contribution in [2.45, 2.75) is 26.5 Å². The van der Waals surface area contributed by atoms with Gasteiger partial charge in [0, 0.05) is 16.1 Å². The second-order valence-electron chi connectivity index (χ2n) is 4.92. The number of hydrogen-bond donors (Lipinski definition) is 2. The van der Waals surface area contributed by atoms with Crippen LogP contribution < -0.4 is 10.1 Å². The molecule has 2 N–H and O–H groups in total. The molecule has 2 aromatic carbocycles. The number of benzene rings is 2. The third-order valence-corrected chi connectivity index (χ3v) is 3.75. The van der Waals surface area contributed by atoms with Crippen LogP contribution in [0.3, 0.4) is 0 Å². The third-order valence-electron chi connectivity index (χ3n) is 3.26. The van der Waals surface area contributed by atoms with E-state index >= 15 is 0 Å². The summed E-state index contributed by atoms with van der Waals surface area (Å²) in [7, 11) is 0. The van der Waals surface area contributed by atoms with Crippen molar-refractivity contribution in [1.29, 1.82) is 0 Å². The summed E-state index contributed by atoms with van der Waals surface area (Å²) in [5.74, 6) is 1.10. The minimum atomic E-state index is 0.224. The number of halogens is 1. The van der Waals surface area contributed by atoms with Gasteiger partial charge in [-0.25, -0.2) is 0 Å². The third kappa shape index (κ3) is 4.48. The van der Waals surface area contributed by atoms with Crippen LogP contribution in [0.2, 0.25) is 0 Å². The molecule has 0 spiro atoms. The summed E-state index contributed by atoms with van der Waals surface area (Å²) >= 11 is 3.48. The molecule has 3 nitrogen and oxygen atoms in total. The predicted octanol–water partition coefficient (Wildman–Crippen LogP) is 4.40. The van der Waals surface area contributed by atoms with E-state index in [1.54, 1.807) is 12.1 Å². The number of rotatable bonds is 6. The van der Waals surface area contributed by atoms with Crippen LogP contribution in [-0.4, -0.2) is 11.7 Å². The fourth-order valence-corrected chi connectivity index (χ4v) is 2.55. The van der Waals surface area contributed by atoms with E-state index in [0.717, 1.165) is 27.9 Å². The summed E-state index contributed by atoms with van der Waals surface area (Å²) in [6, 6.07) is 13.4. The van der Waals surface area contributed by atoms with Gasteiger partial charge in [0.2, 0.25) is 0 Å². The van der Waals surface area contributed by atoms with Gasteiger partial charge in [0.05, 0.1) is 0 Å². The molecule has 4 heteroatoms. The van der Waals surface area contributed by atoms with Crippen molar-refractivity contribution in [2.75, 3.05) is 6.54 Å². The molecule has 1 atom stereocenters. The Kier molecular flexibility index (Phi) is 5.65. The first-order valence-corrected chi connectivity index (χ1v) is 7.83.